The van der Waals surface area contributed by atoms with Crippen LogP contribution in [0, 0.1) is 13.8 Å². The van der Waals surface area contributed by atoms with Crippen LogP contribution in [0.2, 0.25) is 0 Å². The monoisotopic (exact) mass is 478 g/mol. The smallest absolute Gasteiger partial charge is 0.252 e. The van der Waals surface area contributed by atoms with Crippen molar-refractivity contribution in [3.63, 3.8) is 0 Å². The zero-order chi connectivity index (χ0) is 24.5. The summed E-state index contributed by atoms with van der Waals surface area (Å²) in [5.74, 6) is 0.688. The highest BCUT2D eigenvalue weighted by Crippen LogP contribution is 2.25. The minimum absolute atomic E-state index is 0.184. The van der Waals surface area contributed by atoms with Gasteiger partial charge in [0.05, 0.1) is 22.9 Å². The number of aromatic nitrogens is 2. The van der Waals surface area contributed by atoms with Crippen molar-refractivity contribution in [1.82, 2.24) is 15.3 Å². The first kappa shape index (κ1) is 23.4. The molecule has 2 aromatic heterocycles. The van der Waals surface area contributed by atoms with Gasteiger partial charge in [0.15, 0.2) is 0 Å². The van der Waals surface area contributed by atoms with Gasteiger partial charge in [-0.05, 0) is 58.0 Å². The summed E-state index contributed by atoms with van der Waals surface area (Å²) < 4.78 is 32.7. The molecule has 0 saturated heterocycles. The lowest BCUT2D eigenvalue weighted by Gasteiger charge is -2.11. The fraction of sp³-hybridized carbons (Fsp3) is 0.240. The zero-order valence-electron chi connectivity index (χ0n) is 19.4. The minimum atomic E-state index is -3.47. The van der Waals surface area contributed by atoms with Gasteiger partial charge in [-0.1, -0.05) is 24.3 Å². The Morgan fingerprint density at radius 3 is 2.56 bits per heavy atom. The Kier molecular flexibility index (Phi) is 6.39. The number of para-hydroxylation sites is 1. The largest absolute Gasteiger partial charge is 0.441 e. The summed E-state index contributed by atoms with van der Waals surface area (Å²) in [5.41, 5.74) is 3.72. The fourth-order valence-corrected chi connectivity index (χ4v) is 4.16. The number of hydrogen-bond acceptors (Lipinski definition) is 6. The Morgan fingerprint density at radius 2 is 1.79 bits per heavy atom. The Hall–Kier alpha value is -3.72. The molecule has 0 spiro atoms. The van der Waals surface area contributed by atoms with Crippen molar-refractivity contribution >= 4 is 32.5 Å². The van der Waals surface area contributed by atoms with E-state index in [0.717, 1.165) is 16.6 Å². The van der Waals surface area contributed by atoms with Gasteiger partial charge in [-0.25, -0.2) is 13.4 Å². The average Bonchev–Trinajstić information content (AvgIpc) is 3.17. The average molecular weight is 479 g/mol. The molecule has 8 nitrogen and oxygen atoms in total. The SMILES string of the molecule is Cc1cc(C(=O)NCc2nc(-c3cccc(NS(=O)(=O)C(C)C)c3)oc2C)c2ccccc2n1. The van der Waals surface area contributed by atoms with Gasteiger partial charge < -0.3 is 9.73 Å². The standard InChI is InChI=1S/C25H26N4O4S/c1-15(2)34(31,32)29-19-9-7-8-18(13-19)25-28-23(17(4)33-25)14-26-24(30)21-12-16(3)27-22-11-6-5-10-20(21)22/h5-13,15,29H,14H2,1-4H3,(H,26,30). The van der Waals surface area contributed by atoms with E-state index in [1.807, 2.05) is 31.2 Å². The van der Waals surface area contributed by atoms with E-state index in [1.165, 1.54) is 0 Å². The van der Waals surface area contributed by atoms with Crippen LogP contribution in [0.4, 0.5) is 5.69 Å². The van der Waals surface area contributed by atoms with E-state index in [1.54, 1.807) is 51.1 Å². The number of sulfonamides is 1. The molecular weight excluding hydrogens is 452 g/mol. The lowest BCUT2D eigenvalue weighted by molar-refractivity contribution is 0.0952. The van der Waals surface area contributed by atoms with Crippen LogP contribution < -0.4 is 10.0 Å². The second-order valence-corrected chi connectivity index (χ2v) is 10.5. The number of amides is 1. The summed E-state index contributed by atoms with van der Waals surface area (Å²) in [5, 5.41) is 3.14. The molecule has 0 fully saturated rings. The van der Waals surface area contributed by atoms with Crippen LogP contribution in [-0.4, -0.2) is 29.5 Å². The molecule has 4 rings (SSSR count). The maximum atomic E-state index is 12.9. The molecule has 0 unspecified atom stereocenters. The van der Waals surface area contributed by atoms with E-state index in [-0.39, 0.29) is 12.5 Å². The number of fused-ring (bicyclic) bond motifs is 1. The summed E-state index contributed by atoms with van der Waals surface area (Å²) in [6.45, 7) is 7.03. The van der Waals surface area contributed by atoms with Gasteiger partial charge in [-0.15, -0.1) is 0 Å². The first-order valence-electron chi connectivity index (χ1n) is 10.9. The van der Waals surface area contributed by atoms with Gasteiger partial charge in [-0.2, -0.15) is 0 Å². The van der Waals surface area contributed by atoms with E-state index in [9.17, 15) is 13.2 Å². The molecule has 0 radical (unpaired) electrons. The highest BCUT2D eigenvalue weighted by atomic mass is 32.2. The Morgan fingerprint density at radius 1 is 1.03 bits per heavy atom. The molecule has 2 heterocycles. The van der Waals surface area contributed by atoms with Gasteiger partial charge in [0, 0.05) is 22.3 Å². The lowest BCUT2D eigenvalue weighted by atomic mass is 10.1. The summed E-state index contributed by atoms with van der Waals surface area (Å²) in [4.78, 5) is 21.9. The molecule has 0 saturated carbocycles. The number of oxazole rings is 1. The van der Waals surface area contributed by atoms with Crippen molar-refractivity contribution < 1.29 is 17.6 Å². The number of carbonyl (C=O) groups excluding carboxylic acids is 1. The first-order chi connectivity index (χ1) is 16.1. The van der Waals surface area contributed by atoms with Crippen LogP contribution in [0.1, 0.15) is 41.4 Å². The molecule has 1 amide bonds. The normalized spacial score (nSPS) is 11.7. The third kappa shape index (κ3) is 4.94. The molecule has 2 N–H and O–H groups in total. The van der Waals surface area contributed by atoms with Gasteiger partial charge in [0.1, 0.15) is 11.5 Å². The van der Waals surface area contributed by atoms with Gasteiger partial charge in [-0.3, -0.25) is 14.5 Å². The van der Waals surface area contributed by atoms with Crippen molar-refractivity contribution in [2.75, 3.05) is 4.72 Å². The van der Waals surface area contributed by atoms with Gasteiger partial charge >= 0.3 is 0 Å². The highest BCUT2D eigenvalue weighted by molar-refractivity contribution is 7.93. The summed E-state index contributed by atoms with van der Waals surface area (Å²) in [6.07, 6.45) is 0. The van der Waals surface area contributed by atoms with E-state index >= 15 is 0 Å². The third-order valence-corrected chi connectivity index (χ3v) is 7.15. The molecule has 4 aromatic rings. The first-order valence-corrected chi connectivity index (χ1v) is 12.4. The Bertz CT molecular complexity index is 1480. The van der Waals surface area contributed by atoms with Gasteiger partial charge in [0.25, 0.3) is 5.91 Å². The van der Waals surface area contributed by atoms with Crippen molar-refractivity contribution in [2.45, 2.75) is 39.5 Å². The maximum Gasteiger partial charge on any atom is 0.252 e. The minimum Gasteiger partial charge on any atom is -0.441 e. The van der Waals surface area contributed by atoms with Crippen molar-refractivity contribution in [2.24, 2.45) is 0 Å². The predicted octanol–water partition coefficient (Wildman–Crippen LogP) is 4.59. The fourth-order valence-electron chi connectivity index (χ4n) is 3.47. The quantitative estimate of drug-likeness (QED) is 0.402. The second-order valence-electron chi connectivity index (χ2n) is 8.31. The third-order valence-electron chi connectivity index (χ3n) is 5.39. The molecule has 0 aliphatic rings. The molecule has 0 aliphatic heterocycles. The highest BCUT2D eigenvalue weighted by Gasteiger charge is 2.18. The number of rotatable bonds is 7. The van der Waals surface area contributed by atoms with E-state index < -0.39 is 15.3 Å². The predicted molar refractivity (Wildman–Crippen MR) is 132 cm³/mol. The number of carbonyl (C=O) groups is 1. The number of anilines is 1. The van der Waals surface area contributed by atoms with Crippen molar-refractivity contribution in [3.05, 3.63) is 77.3 Å². The van der Waals surface area contributed by atoms with E-state index in [2.05, 4.69) is 20.0 Å². The Balaban J connectivity index is 1.53. The summed E-state index contributed by atoms with van der Waals surface area (Å²) in [6, 6.07) is 16.1. The molecular formula is C25H26N4O4S. The van der Waals surface area contributed by atoms with Crippen LogP contribution in [0.5, 0.6) is 0 Å². The molecule has 0 aliphatic carbocycles. The Labute approximate surface area is 198 Å². The molecule has 9 heteroatoms. The number of nitrogens with one attached hydrogen (secondary N) is 2. The van der Waals surface area contributed by atoms with Crippen molar-refractivity contribution in [1.29, 1.82) is 0 Å². The van der Waals surface area contributed by atoms with Crippen molar-refractivity contribution in [3.8, 4) is 11.5 Å². The molecule has 176 valence electrons. The molecule has 34 heavy (non-hydrogen) atoms. The molecule has 0 atom stereocenters. The molecule has 0 bridgehead atoms. The number of aryl methyl sites for hydroxylation is 2. The van der Waals surface area contributed by atoms with Crippen LogP contribution in [0.15, 0.2) is 59.0 Å². The van der Waals surface area contributed by atoms with Crippen LogP contribution in [0.25, 0.3) is 22.4 Å². The molecule has 2 aromatic carbocycles. The summed E-state index contributed by atoms with van der Waals surface area (Å²) in [7, 11) is -3.47. The topological polar surface area (TPSA) is 114 Å². The van der Waals surface area contributed by atoms with Crippen LogP contribution >= 0.6 is 0 Å². The van der Waals surface area contributed by atoms with E-state index in [0.29, 0.717) is 34.2 Å². The van der Waals surface area contributed by atoms with Crippen LogP contribution in [-0.2, 0) is 16.6 Å². The number of hydrogen-bond donors (Lipinski definition) is 2. The summed E-state index contributed by atoms with van der Waals surface area (Å²) >= 11 is 0. The maximum absolute atomic E-state index is 12.9. The number of nitrogens with zero attached hydrogens (tertiary/aromatic N) is 2. The van der Waals surface area contributed by atoms with E-state index in [4.69, 9.17) is 4.42 Å². The van der Waals surface area contributed by atoms with Gasteiger partial charge in [0.2, 0.25) is 15.9 Å². The lowest BCUT2D eigenvalue weighted by Crippen LogP contribution is -2.24. The number of benzene rings is 2. The number of pyridine rings is 1. The second kappa shape index (κ2) is 9.26. The zero-order valence-corrected chi connectivity index (χ0v) is 20.2. The van der Waals surface area contributed by atoms with Crippen LogP contribution in [0.3, 0.4) is 0 Å².